The number of nitrogens with zero attached hydrogens (tertiary/aromatic N) is 2. The Hall–Kier alpha value is -2.36. The summed E-state index contributed by atoms with van der Waals surface area (Å²) >= 11 is 0. The zero-order chi connectivity index (χ0) is 21.6. The number of piperazine rings is 1. The van der Waals surface area contributed by atoms with E-state index in [9.17, 15) is 19.2 Å². The predicted molar refractivity (Wildman–Crippen MR) is 106 cm³/mol. The molecule has 2 saturated heterocycles. The van der Waals surface area contributed by atoms with E-state index in [0.717, 1.165) is 25.9 Å². The molecule has 0 aromatic heterocycles. The fraction of sp³-hybridized carbons (Fsp3) is 0.789. The summed E-state index contributed by atoms with van der Waals surface area (Å²) in [6, 6.07) is -2.17. The highest BCUT2D eigenvalue weighted by Crippen LogP contribution is 2.19. The lowest BCUT2D eigenvalue weighted by Crippen LogP contribution is -2.65. The summed E-state index contributed by atoms with van der Waals surface area (Å²) in [4.78, 5) is 53.2. The number of nitrogens with one attached hydrogen (secondary N) is 3. The van der Waals surface area contributed by atoms with Crippen LogP contribution in [0.3, 0.4) is 0 Å². The molecule has 0 saturated carbocycles. The first-order valence-corrected chi connectivity index (χ1v) is 10.2. The van der Waals surface area contributed by atoms with Crippen molar-refractivity contribution in [2.75, 3.05) is 39.8 Å². The molecule has 2 aliphatic heterocycles. The van der Waals surface area contributed by atoms with E-state index in [-0.39, 0.29) is 37.0 Å². The van der Waals surface area contributed by atoms with Crippen molar-refractivity contribution >= 4 is 23.8 Å². The van der Waals surface area contributed by atoms with E-state index in [1.165, 1.54) is 18.9 Å². The van der Waals surface area contributed by atoms with Crippen LogP contribution in [0.4, 0.5) is 4.79 Å². The fourth-order valence-corrected chi connectivity index (χ4v) is 3.65. The van der Waals surface area contributed by atoms with Crippen LogP contribution < -0.4 is 16.0 Å². The Morgan fingerprint density at radius 3 is 2.28 bits per heavy atom. The lowest BCUT2D eigenvalue weighted by Gasteiger charge is -2.42. The third-order valence-electron chi connectivity index (χ3n) is 5.27. The molecular weight excluding hydrogens is 378 g/mol. The molecule has 2 fully saturated rings. The molecule has 2 aliphatic rings. The first-order valence-electron chi connectivity index (χ1n) is 10.2. The van der Waals surface area contributed by atoms with Gasteiger partial charge in [0.2, 0.25) is 11.8 Å². The fourth-order valence-electron chi connectivity index (χ4n) is 3.65. The van der Waals surface area contributed by atoms with Crippen LogP contribution in [0.25, 0.3) is 0 Å². The predicted octanol–water partition coefficient (Wildman–Crippen LogP) is -0.705. The Labute approximate surface area is 171 Å². The van der Waals surface area contributed by atoms with Crippen molar-refractivity contribution in [3.63, 3.8) is 0 Å². The minimum atomic E-state index is -0.875. The lowest BCUT2D eigenvalue weighted by atomic mass is 9.95. The zero-order valence-corrected chi connectivity index (χ0v) is 17.7. The summed E-state index contributed by atoms with van der Waals surface area (Å²) in [7, 11) is 1.24. The molecule has 29 heavy (non-hydrogen) atoms. The topological polar surface area (TPSA) is 120 Å². The van der Waals surface area contributed by atoms with Crippen molar-refractivity contribution in [3.05, 3.63) is 0 Å². The number of carbonyl (C=O) groups excluding carboxylic acids is 4. The van der Waals surface area contributed by atoms with Gasteiger partial charge in [-0.25, -0.2) is 9.59 Å². The van der Waals surface area contributed by atoms with E-state index in [0.29, 0.717) is 6.54 Å². The highest BCUT2D eigenvalue weighted by atomic mass is 16.5. The molecule has 4 amide bonds. The molecule has 10 nitrogen and oxygen atoms in total. The van der Waals surface area contributed by atoms with Crippen molar-refractivity contribution in [2.45, 2.75) is 51.7 Å². The standard InChI is InChI=1S/C19H33N5O5/c1-12(2)21-19(28)24-10-9-23(17(26)14-5-7-20-8-6-14)11-15(24)16(25)22-13(3)18(27)29-4/h12-15,20H,5-11H2,1-4H3,(H,21,28)(H,22,25)/t13-,15+/m1/s1. The molecule has 0 bridgehead atoms. The van der Waals surface area contributed by atoms with Crippen LogP contribution in [0, 0.1) is 5.92 Å². The van der Waals surface area contributed by atoms with Gasteiger partial charge in [-0.3, -0.25) is 9.59 Å². The molecule has 0 aromatic carbocycles. The molecular formula is C19H33N5O5. The average Bonchev–Trinajstić information content (AvgIpc) is 2.72. The van der Waals surface area contributed by atoms with E-state index < -0.39 is 24.0 Å². The van der Waals surface area contributed by atoms with Crippen LogP contribution in [0.5, 0.6) is 0 Å². The molecule has 3 N–H and O–H groups in total. The number of rotatable bonds is 5. The van der Waals surface area contributed by atoms with Gasteiger partial charge in [0.1, 0.15) is 12.1 Å². The summed E-state index contributed by atoms with van der Waals surface area (Å²) in [5.41, 5.74) is 0. The third-order valence-corrected chi connectivity index (χ3v) is 5.27. The number of urea groups is 1. The van der Waals surface area contributed by atoms with Gasteiger partial charge in [-0.2, -0.15) is 0 Å². The summed E-state index contributed by atoms with van der Waals surface area (Å²) in [6.45, 7) is 7.52. The number of amides is 4. The monoisotopic (exact) mass is 411 g/mol. The zero-order valence-electron chi connectivity index (χ0n) is 17.7. The number of piperidine rings is 1. The maximum Gasteiger partial charge on any atom is 0.328 e. The lowest BCUT2D eigenvalue weighted by molar-refractivity contribution is -0.146. The number of methoxy groups -OCH3 is 1. The molecule has 164 valence electrons. The Balaban J connectivity index is 2.13. The number of hydrogen-bond acceptors (Lipinski definition) is 6. The Bertz CT molecular complexity index is 620. The molecule has 0 aromatic rings. The largest absolute Gasteiger partial charge is 0.467 e. The van der Waals surface area contributed by atoms with E-state index >= 15 is 0 Å². The molecule has 0 aliphatic carbocycles. The Kier molecular flexibility index (Phi) is 8.24. The minimum absolute atomic E-state index is 0.0224. The second-order valence-corrected chi connectivity index (χ2v) is 7.88. The van der Waals surface area contributed by atoms with E-state index in [1.54, 1.807) is 4.90 Å². The smallest absolute Gasteiger partial charge is 0.328 e. The van der Waals surface area contributed by atoms with Crippen molar-refractivity contribution in [1.29, 1.82) is 0 Å². The average molecular weight is 412 g/mol. The number of esters is 1. The molecule has 0 unspecified atom stereocenters. The summed E-state index contributed by atoms with van der Waals surface area (Å²) in [5, 5.41) is 8.63. The molecule has 0 radical (unpaired) electrons. The van der Waals surface area contributed by atoms with Gasteiger partial charge in [0.25, 0.3) is 0 Å². The van der Waals surface area contributed by atoms with E-state index in [4.69, 9.17) is 0 Å². The Morgan fingerprint density at radius 1 is 1.03 bits per heavy atom. The van der Waals surface area contributed by atoms with Crippen molar-refractivity contribution in [1.82, 2.24) is 25.8 Å². The second-order valence-electron chi connectivity index (χ2n) is 7.88. The van der Waals surface area contributed by atoms with Crippen LogP contribution >= 0.6 is 0 Å². The van der Waals surface area contributed by atoms with Gasteiger partial charge < -0.3 is 30.5 Å². The second kappa shape index (κ2) is 10.4. The highest BCUT2D eigenvalue weighted by molar-refractivity contribution is 5.91. The van der Waals surface area contributed by atoms with Gasteiger partial charge in [-0.05, 0) is 46.7 Å². The third kappa shape index (κ3) is 6.06. The molecule has 2 rings (SSSR count). The minimum Gasteiger partial charge on any atom is -0.467 e. The molecule has 0 spiro atoms. The molecule has 2 heterocycles. The number of hydrogen-bond donors (Lipinski definition) is 3. The Morgan fingerprint density at radius 2 is 1.69 bits per heavy atom. The maximum atomic E-state index is 12.9. The highest BCUT2D eigenvalue weighted by Gasteiger charge is 2.39. The summed E-state index contributed by atoms with van der Waals surface area (Å²) < 4.78 is 4.65. The summed E-state index contributed by atoms with van der Waals surface area (Å²) in [6.07, 6.45) is 1.53. The maximum absolute atomic E-state index is 12.9. The van der Waals surface area contributed by atoms with Crippen molar-refractivity contribution in [2.24, 2.45) is 5.92 Å². The first kappa shape index (κ1) is 22.9. The first-order chi connectivity index (χ1) is 13.7. The van der Waals surface area contributed by atoms with Gasteiger partial charge in [0.15, 0.2) is 0 Å². The van der Waals surface area contributed by atoms with Crippen LogP contribution in [0.15, 0.2) is 0 Å². The normalized spacial score (nSPS) is 21.5. The quantitative estimate of drug-likeness (QED) is 0.515. The van der Waals surface area contributed by atoms with E-state index in [1.807, 2.05) is 13.8 Å². The van der Waals surface area contributed by atoms with Crippen LogP contribution in [0.2, 0.25) is 0 Å². The van der Waals surface area contributed by atoms with Gasteiger partial charge in [0, 0.05) is 25.0 Å². The van der Waals surface area contributed by atoms with Crippen LogP contribution in [-0.4, -0.2) is 91.6 Å². The van der Waals surface area contributed by atoms with Crippen molar-refractivity contribution in [3.8, 4) is 0 Å². The van der Waals surface area contributed by atoms with Gasteiger partial charge >= 0.3 is 12.0 Å². The SMILES string of the molecule is COC(=O)[C@@H](C)NC(=O)[C@@H]1CN(C(=O)C2CCNCC2)CCN1C(=O)NC(C)C. The van der Waals surface area contributed by atoms with Gasteiger partial charge in [-0.1, -0.05) is 0 Å². The number of ether oxygens (including phenoxy) is 1. The van der Waals surface area contributed by atoms with Crippen LogP contribution in [0.1, 0.15) is 33.6 Å². The van der Waals surface area contributed by atoms with Crippen LogP contribution in [-0.2, 0) is 19.1 Å². The van der Waals surface area contributed by atoms with Crippen molar-refractivity contribution < 1.29 is 23.9 Å². The number of carbonyl (C=O) groups is 4. The van der Waals surface area contributed by atoms with Gasteiger partial charge in [0.05, 0.1) is 13.7 Å². The van der Waals surface area contributed by atoms with Gasteiger partial charge in [-0.15, -0.1) is 0 Å². The molecule has 10 heteroatoms. The summed E-state index contributed by atoms with van der Waals surface area (Å²) in [5.74, 6) is -1.10. The van der Waals surface area contributed by atoms with E-state index in [2.05, 4.69) is 20.7 Å². The molecule has 2 atom stereocenters.